The number of pyridine rings is 1. The molecule has 0 radical (unpaired) electrons. The minimum Gasteiger partial charge on any atom is -0.468 e. The number of amidine groups is 1. The molecule has 0 atom stereocenters. The van der Waals surface area contributed by atoms with Crippen molar-refractivity contribution in [2.24, 2.45) is 10.9 Å². The van der Waals surface area contributed by atoms with Crippen molar-refractivity contribution in [2.45, 2.75) is 24.8 Å². The van der Waals surface area contributed by atoms with Gasteiger partial charge in [0.05, 0.1) is 5.69 Å². The highest BCUT2D eigenvalue weighted by molar-refractivity contribution is 6.02. The predicted molar refractivity (Wildman–Crippen MR) is 123 cm³/mol. The number of benzene rings is 2. The van der Waals surface area contributed by atoms with E-state index in [1.54, 1.807) is 0 Å². The average molecular weight is 415 g/mol. The molecule has 5 rings (SSSR count). The summed E-state index contributed by atoms with van der Waals surface area (Å²) in [5.41, 5.74) is 12.4. The summed E-state index contributed by atoms with van der Waals surface area (Å²) in [6.07, 6.45) is 3.29. The Kier molecular flexibility index (Phi) is 4.87. The summed E-state index contributed by atoms with van der Waals surface area (Å²) in [4.78, 5) is 11.9. The molecule has 2 heterocycles. The topological polar surface area (TPSA) is 73.0 Å². The number of fused-ring (bicyclic) bond motifs is 1. The normalized spacial score (nSPS) is 18.2. The second-order valence-corrected chi connectivity index (χ2v) is 8.20. The Bertz CT molecular complexity index is 1120. The molecule has 1 fully saturated rings. The molecule has 1 aromatic heterocycles. The lowest BCUT2D eigenvalue weighted by atomic mass is 9.72. The van der Waals surface area contributed by atoms with Crippen LogP contribution in [0.3, 0.4) is 0 Å². The number of nitrogens with zero attached hydrogens (tertiary/aromatic N) is 3. The van der Waals surface area contributed by atoms with E-state index in [1.165, 1.54) is 19.1 Å². The quantitative estimate of drug-likeness (QED) is 0.635. The molecule has 3 aromatic rings. The maximum atomic E-state index is 6.52. The van der Waals surface area contributed by atoms with Crippen LogP contribution in [0, 0.1) is 0 Å². The zero-order valence-electron chi connectivity index (χ0n) is 17.8. The number of anilines is 1. The molecular weight excluding hydrogens is 388 g/mol. The van der Waals surface area contributed by atoms with Crippen LogP contribution in [0.2, 0.25) is 0 Å². The van der Waals surface area contributed by atoms with Crippen LogP contribution in [0.25, 0.3) is 22.4 Å². The van der Waals surface area contributed by atoms with Gasteiger partial charge in [0.2, 0.25) is 5.88 Å². The van der Waals surface area contributed by atoms with E-state index in [9.17, 15) is 0 Å². The highest BCUT2D eigenvalue weighted by atomic mass is 16.6. The molecule has 0 spiro atoms. The van der Waals surface area contributed by atoms with Gasteiger partial charge in [0.15, 0.2) is 12.4 Å². The van der Waals surface area contributed by atoms with Crippen LogP contribution in [-0.2, 0) is 10.4 Å². The number of nitrogens with two attached hydrogens (primary N) is 1. The van der Waals surface area contributed by atoms with Crippen LogP contribution in [-0.4, -0.2) is 31.6 Å². The van der Waals surface area contributed by atoms with Crippen molar-refractivity contribution >= 4 is 11.5 Å². The minimum absolute atomic E-state index is 0.174. The number of rotatable bonds is 4. The lowest BCUT2D eigenvalue weighted by Gasteiger charge is -2.38. The second-order valence-electron chi connectivity index (χ2n) is 8.20. The van der Waals surface area contributed by atoms with Gasteiger partial charge in [0, 0.05) is 23.7 Å². The minimum atomic E-state index is -0.174. The van der Waals surface area contributed by atoms with E-state index in [2.05, 4.69) is 47.6 Å². The molecule has 1 aliphatic heterocycles. The molecule has 1 aliphatic carbocycles. The molecule has 2 N–H and O–H groups in total. The third-order valence-electron chi connectivity index (χ3n) is 6.32. The fourth-order valence-electron chi connectivity index (χ4n) is 4.26. The number of aromatic nitrogens is 1. The Labute approximate surface area is 182 Å². The summed E-state index contributed by atoms with van der Waals surface area (Å²) in [6, 6.07) is 20.9. The van der Waals surface area contributed by atoms with Gasteiger partial charge in [-0.05, 0) is 36.5 Å². The Morgan fingerprint density at radius 3 is 2.45 bits per heavy atom. The van der Waals surface area contributed by atoms with Crippen molar-refractivity contribution in [1.82, 2.24) is 4.98 Å². The maximum absolute atomic E-state index is 6.52. The van der Waals surface area contributed by atoms with Gasteiger partial charge >= 0.3 is 0 Å². The van der Waals surface area contributed by atoms with Crippen LogP contribution in [0.5, 0.6) is 5.88 Å². The first-order valence-electron chi connectivity index (χ1n) is 10.6. The predicted octanol–water partition coefficient (Wildman–Crippen LogP) is 4.54. The average Bonchev–Trinajstić information content (AvgIpc) is 2.79. The third kappa shape index (κ3) is 3.43. The maximum Gasteiger partial charge on any atom is 0.239 e. The third-order valence-corrected chi connectivity index (χ3v) is 6.32. The van der Waals surface area contributed by atoms with Gasteiger partial charge in [-0.1, -0.05) is 59.8 Å². The summed E-state index contributed by atoms with van der Waals surface area (Å²) >= 11 is 0. The molecule has 1 saturated carbocycles. The van der Waals surface area contributed by atoms with E-state index in [0.29, 0.717) is 18.3 Å². The first kappa shape index (κ1) is 19.6. The standard InChI is InChI=1S/C25H26N4O2/c1-29-21-15-20(17-7-4-3-5-8-17)23(27-24(21)31-16-22(29)28-30-2)18-9-11-19(12-10-18)25(26)13-6-14-25/h3-5,7-12,15H,6,13-14,16,26H2,1-2H3. The number of oxime groups is 1. The Hall–Kier alpha value is -3.38. The number of hydrogen-bond donors (Lipinski definition) is 1. The molecular formula is C25H26N4O2. The van der Waals surface area contributed by atoms with Crippen molar-refractivity contribution in [3.05, 3.63) is 66.2 Å². The summed E-state index contributed by atoms with van der Waals surface area (Å²) in [5, 5.41) is 4.07. The van der Waals surface area contributed by atoms with E-state index in [4.69, 9.17) is 20.3 Å². The van der Waals surface area contributed by atoms with E-state index >= 15 is 0 Å². The molecule has 158 valence electrons. The van der Waals surface area contributed by atoms with Crippen molar-refractivity contribution in [2.75, 3.05) is 25.7 Å². The Morgan fingerprint density at radius 2 is 1.81 bits per heavy atom. The molecule has 2 aromatic carbocycles. The molecule has 0 unspecified atom stereocenters. The summed E-state index contributed by atoms with van der Waals surface area (Å²) < 4.78 is 5.93. The number of hydrogen-bond acceptors (Lipinski definition) is 5. The molecule has 6 heteroatoms. The monoisotopic (exact) mass is 414 g/mol. The van der Waals surface area contributed by atoms with Crippen molar-refractivity contribution in [1.29, 1.82) is 0 Å². The summed E-state index contributed by atoms with van der Waals surface area (Å²) in [6.45, 7) is 0.309. The fraction of sp³-hybridized carbons (Fsp3) is 0.280. The van der Waals surface area contributed by atoms with Gasteiger partial charge in [-0.25, -0.2) is 4.98 Å². The van der Waals surface area contributed by atoms with Crippen LogP contribution >= 0.6 is 0 Å². The zero-order chi connectivity index (χ0) is 21.4. The van der Waals surface area contributed by atoms with E-state index < -0.39 is 0 Å². The van der Waals surface area contributed by atoms with Crippen molar-refractivity contribution < 1.29 is 9.57 Å². The van der Waals surface area contributed by atoms with E-state index in [-0.39, 0.29) is 5.54 Å². The van der Waals surface area contributed by atoms with E-state index in [1.807, 2.05) is 30.1 Å². The first-order chi connectivity index (χ1) is 15.1. The van der Waals surface area contributed by atoms with Gasteiger partial charge in [-0.3, -0.25) is 0 Å². The molecule has 2 aliphatic rings. The van der Waals surface area contributed by atoms with Crippen LogP contribution in [0.1, 0.15) is 24.8 Å². The highest BCUT2D eigenvalue weighted by Gasteiger charge is 2.34. The molecule has 31 heavy (non-hydrogen) atoms. The first-order valence-corrected chi connectivity index (χ1v) is 10.6. The number of likely N-dealkylation sites (N-methyl/N-ethyl adjacent to an activating group) is 1. The largest absolute Gasteiger partial charge is 0.468 e. The summed E-state index contributed by atoms with van der Waals surface area (Å²) in [5.74, 6) is 1.28. The smallest absolute Gasteiger partial charge is 0.239 e. The van der Waals surface area contributed by atoms with Gasteiger partial charge < -0.3 is 20.2 Å². The lowest BCUT2D eigenvalue weighted by molar-refractivity contribution is 0.208. The Morgan fingerprint density at radius 1 is 1.06 bits per heavy atom. The van der Waals surface area contributed by atoms with Crippen LogP contribution in [0.15, 0.2) is 65.8 Å². The lowest BCUT2D eigenvalue weighted by Crippen LogP contribution is -2.43. The SMILES string of the molecule is CON=C1COc2nc(-c3ccc(C4(N)CCC4)cc3)c(-c3ccccc3)cc2N1C. The fourth-order valence-corrected chi connectivity index (χ4v) is 4.26. The van der Waals surface area contributed by atoms with Crippen molar-refractivity contribution in [3.63, 3.8) is 0 Å². The Balaban J connectivity index is 1.62. The number of ether oxygens (including phenoxy) is 1. The van der Waals surface area contributed by atoms with Crippen molar-refractivity contribution in [3.8, 4) is 28.3 Å². The second kappa shape index (κ2) is 7.71. The van der Waals surface area contributed by atoms with Gasteiger partial charge in [0.25, 0.3) is 0 Å². The van der Waals surface area contributed by atoms with Crippen LogP contribution in [0.4, 0.5) is 5.69 Å². The summed E-state index contributed by atoms with van der Waals surface area (Å²) in [7, 11) is 3.48. The molecule has 0 bridgehead atoms. The molecule has 0 amide bonds. The zero-order valence-corrected chi connectivity index (χ0v) is 17.8. The molecule has 0 saturated heterocycles. The highest BCUT2D eigenvalue weighted by Crippen LogP contribution is 2.42. The molecule has 6 nitrogen and oxygen atoms in total. The van der Waals surface area contributed by atoms with Gasteiger partial charge in [0.1, 0.15) is 12.8 Å². The van der Waals surface area contributed by atoms with Gasteiger partial charge in [-0.15, -0.1) is 0 Å². The van der Waals surface area contributed by atoms with E-state index in [0.717, 1.165) is 40.9 Å². The van der Waals surface area contributed by atoms with Gasteiger partial charge in [-0.2, -0.15) is 0 Å². The van der Waals surface area contributed by atoms with Crippen LogP contribution < -0.4 is 15.4 Å².